The van der Waals surface area contributed by atoms with Crippen molar-refractivity contribution in [1.29, 1.82) is 0 Å². The van der Waals surface area contributed by atoms with E-state index in [4.69, 9.17) is 4.74 Å². The first-order chi connectivity index (χ1) is 10.2. The van der Waals surface area contributed by atoms with Crippen molar-refractivity contribution in [1.82, 2.24) is 9.88 Å². The zero-order chi connectivity index (χ0) is 14.7. The van der Waals surface area contributed by atoms with Gasteiger partial charge in [0.25, 0.3) is 5.91 Å². The molecule has 1 amide bonds. The summed E-state index contributed by atoms with van der Waals surface area (Å²) in [5.41, 5.74) is 0.672. The summed E-state index contributed by atoms with van der Waals surface area (Å²) in [6.07, 6.45) is 4.23. The highest BCUT2D eigenvalue weighted by Crippen LogP contribution is 2.21. The van der Waals surface area contributed by atoms with Crippen molar-refractivity contribution in [3.63, 3.8) is 0 Å². The van der Waals surface area contributed by atoms with Gasteiger partial charge in [-0.25, -0.2) is 4.98 Å². The van der Waals surface area contributed by atoms with E-state index in [1.54, 1.807) is 6.20 Å². The van der Waals surface area contributed by atoms with Crippen molar-refractivity contribution in [2.45, 2.75) is 19.8 Å². The topological polar surface area (TPSA) is 45.7 Å². The number of hydrogen-bond donors (Lipinski definition) is 0. The minimum atomic E-state index is 0.0596. The molecule has 0 radical (unpaired) electrons. The summed E-state index contributed by atoms with van der Waals surface area (Å²) < 4.78 is 5.28. The Morgan fingerprint density at radius 2 is 2.10 bits per heavy atom. The lowest BCUT2D eigenvalue weighted by atomic mass is 10.0. The molecule has 0 saturated carbocycles. The fourth-order valence-electron chi connectivity index (χ4n) is 3.05. The van der Waals surface area contributed by atoms with Gasteiger partial charge in [-0.3, -0.25) is 4.79 Å². The molecule has 0 N–H and O–H groups in total. The molecule has 5 heteroatoms. The molecule has 3 rings (SSSR count). The van der Waals surface area contributed by atoms with Gasteiger partial charge in [0.05, 0.1) is 18.8 Å². The molecule has 1 atom stereocenters. The summed E-state index contributed by atoms with van der Waals surface area (Å²) in [6.45, 7) is 7.00. The minimum Gasteiger partial charge on any atom is -0.378 e. The molecule has 1 aromatic heterocycles. The molecule has 114 valence electrons. The number of nitrogens with zero attached hydrogens (tertiary/aromatic N) is 3. The van der Waals surface area contributed by atoms with Crippen LogP contribution >= 0.6 is 0 Å². The Morgan fingerprint density at radius 1 is 1.29 bits per heavy atom. The van der Waals surface area contributed by atoms with Crippen molar-refractivity contribution in [3.8, 4) is 0 Å². The van der Waals surface area contributed by atoms with Crippen LogP contribution in [0.3, 0.4) is 0 Å². The van der Waals surface area contributed by atoms with E-state index in [1.807, 2.05) is 17.0 Å². The van der Waals surface area contributed by atoms with Gasteiger partial charge in [0.15, 0.2) is 0 Å². The predicted molar refractivity (Wildman–Crippen MR) is 81.6 cm³/mol. The van der Waals surface area contributed by atoms with Gasteiger partial charge in [0.2, 0.25) is 0 Å². The van der Waals surface area contributed by atoms with Crippen LogP contribution in [0.4, 0.5) is 5.82 Å². The van der Waals surface area contributed by atoms with Crippen LogP contribution in [0.25, 0.3) is 0 Å². The average Bonchev–Trinajstić information content (AvgIpc) is 2.55. The van der Waals surface area contributed by atoms with E-state index >= 15 is 0 Å². The normalized spacial score (nSPS) is 23.2. The number of morpholine rings is 1. The molecule has 0 unspecified atom stereocenters. The quantitative estimate of drug-likeness (QED) is 0.833. The van der Waals surface area contributed by atoms with Gasteiger partial charge in [-0.2, -0.15) is 0 Å². The zero-order valence-corrected chi connectivity index (χ0v) is 12.6. The number of amides is 1. The summed E-state index contributed by atoms with van der Waals surface area (Å²) in [6, 6.07) is 3.88. The predicted octanol–water partition coefficient (Wildman–Crippen LogP) is 1.79. The standard InChI is InChI=1S/C16H23N3O2/c1-13-3-2-6-19(12-13)15-5-4-14(11-17-15)16(20)18-7-9-21-10-8-18/h4-5,11,13H,2-3,6-10,12H2,1H3/t13-/m0/s1. The van der Waals surface area contributed by atoms with Gasteiger partial charge in [0, 0.05) is 32.4 Å². The Kier molecular flexibility index (Phi) is 4.39. The van der Waals surface area contributed by atoms with Gasteiger partial charge in [-0.15, -0.1) is 0 Å². The van der Waals surface area contributed by atoms with E-state index < -0.39 is 0 Å². The third-order valence-corrected chi connectivity index (χ3v) is 4.27. The van der Waals surface area contributed by atoms with Crippen LogP contribution in [-0.2, 0) is 4.74 Å². The van der Waals surface area contributed by atoms with E-state index in [-0.39, 0.29) is 5.91 Å². The second kappa shape index (κ2) is 6.43. The van der Waals surface area contributed by atoms with Crippen molar-refractivity contribution in [3.05, 3.63) is 23.9 Å². The van der Waals surface area contributed by atoms with E-state index in [0.29, 0.717) is 31.9 Å². The summed E-state index contributed by atoms with van der Waals surface area (Å²) in [7, 11) is 0. The molecule has 21 heavy (non-hydrogen) atoms. The summed E-state index contributed by atoms with van der Waals surface area (Å²) in [5, 5.41) is 0. The van der Waals surface area contributed by atoms with Crippen LogP contribution in [0.1, 0.15) is 30.1 Å². The zero-order valence-electron chi connectivity index (χ0n) is 12.6. The number of anilines is 1. The smallest absolute Gasteiger partial charge is 0.255 e. The van der Waals surface area contributed by atoms with Crippen LogP contribution in [0, 0.1) is 5.92 Å². The first kappa shape index (κ1) is 14.3. The molecule has 5 nitrogen and oxygen atoms in total. The number of carbonyl (C=O) groups excluding carboxylic acids is 1. The lowest BCUT2D eigenvalue weighted by Gasteiger charge is -2.32. The van der Waals surface area contributed by atoms with Gasteiger partial charge < -0.3 is 14.5 Å². The third-order valence-electron chi connectivity index (χ3n) is 4.27. The highest BCUT2D eigenvalue weighted by molar-refractivity contribution is 5.94. The fourth-order valence-corrected chi connectivity index (χ4v) is 3.05. The van der Waals surface area contributed by atoms with Crippen LogP contribution in [0.15, 0.2) is 18.3 Å². The minimum absolute atomic E-state index is 0.0596. The van der Waals surface area contributed by atoms with Crippen LogP contribution in [0.5, 0.6) is 0 Å². The first-order valence-electron chi connectivity index (χ1n) is 7.82. The first-order valence-corrected chi connectivity index (χ1v) is 7.82. The number of aromatic nitrogens is 1. The summed E-state index contributed by atoms with van der Waals surface area (Å²) in [4.78, 5) is 21.0. The second-order valence-electron chi connectivity index (χ2n) is 6.00. The monoisotopic (exact) mass is 289 g/mol. The Hall–Kier alpha value is -1.62. The summed E-state index contributed by atoms with van der Waals surface area (Å²) >= 11 is 0. The van der Waals surface area contributed by atoms with E-state index in [2.05, 4.69) is 16.8 Å². The number of ether oxygens (including phenoxy) is 1. The Labute approximate surface area is 125 Å². The van der Waals surface area contributed by atoms with Crippen LogP contribution in [0.2, 0.25) is 0 Å². The maximum absolute atomic E-state index is 12.4. The average molecular weight is 289 g/mol. The molecule has 3 heterocycles. The molecule has 2 aliphatic heterocycles. The van der Waals surface area contributed by atoms with Crippen molar-refractivity contribution in [2.75, 3.05) is 44.3 Å². The molecule has 0 aromatic carbocycles. The van der Waals surface area contributed by atoms with Crippen molar-refractivity contribution >= 4 is 11.7 Å². The molecular weight excluding hydrogens is 266 g/mol. The van der Waals surface area contributed by atoms with Gasteiger partial charge >= 0.3 is 0 Å². The fraction of sp³-hybridized carbons (Fsp3) is 0.625. The van der Waals surface area contributed by atoms with E-state index in [0.717, 1.165) is 24.8 Å². The van der Waals surface area contributed by atoms with Crippen LogP contribution < -0.4 is 4.90 Å². The third kappa shape index (κ3) is 3.35. The summed E-state index contributed by atoms with van der Waals surface area (Å²) in [5.74, 6) is 1.76. The molecule has 0 aliphatic carbocycles. The maximum Gasteiger partial charge on any atom is 0.255 e. The lowest BCUT2D eigenvalue weighted by Crippen LogP contribution is -2.40. The van der Waals surface area contributed by atoms with Gasteiger partial charge in [0.1, 0.15) is 5.82 Å². The number of rotatable bonds is 2. The van der Waals surface area contributed by atoms with Crippen LogP contribution in [-0.4, -0.2) is 55.2 Å². The van der Waals surface area contributed by atoms with E-state index in [1.165, 1.54) is 12.8 Å². The molecule has 1 aromatic rings. The van der Waals surface area contributed by atoms with Crippen molar-refractivity contribution < 1.29 is 9.53 Å². The largest absolute Gasteiger partial charge is 0.378 e. The molecule has 0 spiro atoms. The second-order valence-corrected chi connectivity index (χ2v) is 6.00. The molecule has 2 saturated heterocycles. The molecule has 2 aliphatic rings. The van der Waals surface area contributed by atoms with Gasteiger partial charge in [-0.1, -0.05) is 6.92 Å². The number of hydrogen-bond acceptors (Lipinski definition) is 4. The lowest BCUT2D eigenvalue weighted by molar-refractivity contribution is 0.0302. The SMILES string of the molecule is C[C@H]1CCCN(c2ccc(C(=O)N3CCOCC3)cn2)C1. The Balaban J connectivity index is 1.67. The highest BCUT2D eigenvalue weighted by Gasteiger charge is 2.20. The number of carbonyl (C=O) groups is 1. The molecular formula is C16H23N3O2. The van der Waals surface area contributed by atoms with Crippen molar-refractivity contribution in [2.24, 2.45) is 5.92 Å². The highest BCUT2D eigenvalue weighted by atomic mass is 16.5. The number of pyridine rings is 1. The Bertz CT molecular complexity index is 483. The molecule has 0 bridgehead atoms. The van der Waals surface area contributed by atoms with Gasteiger partial charge in [-0.05, 0) is 30.9 Å². The van der Waals surface area contributed by atoms with E-state index in [9.17, 15) is 4.79 Å². The maximum atomic E-state index is 12.4. The molecule has 2 fully saturated rings. The number of piperidine rings is 1. The Morgan fingerprint density at radius 3 is 2.76 bits per heavy atom.